The highest BCUT2D eigenvalue weighted by Gasteiger charge is 2.37. The molecular formula is C22H25N3O5S. The molecule has 0 spiro atoms. The maximum atomic E-state index is 13.2. The Kier molecular flexibility index (Phi) is 6.41. The summed E-state index contributed by atoms with van der Waals surface area (Å²) in [5.41, 5.74) is 0.577. The third-order valence-electron chi connectivity index (χ3n) is 5.38. The molecule has 1 saturated heterocycles. The maximum Gasteiger partial charge on any atom is 0.264 e. The van der Waals surface area contributed by atoms with Gasteiger partial charge in [0.2, 0.25) is 11.8 Å². The molecule has 0 bridgehead atoms. The first-order valence-corrected chi connectivity index (χ1v) is 11.3. The van der Waals surface area contributed by atoms with Crippen molar-refractivity contribution >= 4 is 34.7 Å². The molecule has 1 fully saturated rings. The molecule has 0 radical (unpaired) electrons. The number of benzene rings is 1. The van der Waals surface area contributed by atoms with Crippen molar-refractivity contribution in [1.82, 2.24) is 9.80 Å². The van der Waals surface area contributed by atoms with Crippen molar-refractivity contribution in [2.45, 2.75) is 25.8 Å². The first kappa shape index (κ1) is 21.2. The second kappa shape index (κ2) is 9.38. The van der Waals surface area contributed by atoms with Gasteiger partial charge in [-0.3, -0.25) is 14.4 Å². The Labute approximate surface area is 184 Å². The summed E-state index contributed by atoms with van der Waals surface area (Å²) in [5, 5.41) is 4.66. The van der Waals surface area contributed by atoms with Crippen molar-refractivity contribution in [1.29, 1.82) is 0 Å². The first-order valence-electron chi connectivity index (χ1n) is 10.4. The summed E-state index contributed by atoms with van der Waals surface area (Å²) >= 11 is 1.37. The van der Waals surface area contributed by atoms with Crippen molar-refractivity contribution in [3.63, 3.8) is 0 Å². The predicted molar refractivity (Wildman–Crippen MR) is 117 cm³/mol. The summed E-state index contributed by atoms with van der Waals surface area (Å²) in [5.74, 6) is 0.610. The number of ether oxygens (including phenoxy) is 2. The predicted octanol–water partition coefficient (Wildman–Crippen LogP) is 2.61. The Balaban J connectivity index is 1.39. The fourth-order valence-electron chi connectivity index (χ4n) is 3.86. The summed E-state index contributed by atoms with van der Waals surface area (Å²) in [4.78, 5) is 42.3. The molecule has 31 heavy (non-hydrogen) atoms. The summed E-state index contributed by atoms with van der Waals surface area (Å²) in [6.07, 6.45) is 1.38. The van der Waals surface area contributed by atoms with E-state index in [2.05, 4.69) is 5.32 Å². The Morgan fingerprint density at radius 2 is 2.00 bits per heavy atom. The molecule has 1 aromatic heterocycles. The zero-order valence-corrected chi connectivity index (χ0v) is 18.2. The fourth-order valence-corrected chi connectivity index (χ4v) is 4.54. The summed E-state index contributed by atoms with van der Waals surface area (Å²) in [7, 11) is 0. The van der Waals surface area contributed by atoms with Gasteiger partial charge < -0.3 is 24.6 Å². The number of carbonyl (C=O) groups is 3. The van der Waals surface area contributed by atoms with Crippen molar-refractivity contribution in [3.8, 4) is 11.5 Å². The molecular weight excluding hydrogens is 418 g/mol. The fraction of sp³-hybridized carbons (Fsp3) is 0.409. The van der Waals surface area contributed by atoms with E-state index in [0.29, 0.717) is 54.8 Å². The lowest BCUT2D eigenvalue weighted by atomic mass is 10.2. The Bertz CT molecular complexity index is 962. The minimum Gasteiger partial charge on any atom is -0.486 e. The van der Waals surface area contributed by atoms with Crippen LogP contribution in [-0.2, 0) is 9.59 Å². The van der Waals surface area contributed by atoms with Gasteiger partial charge in [-0.2, -0.15) is 0 Å². The maximum absolute atomic E-state index is 13.2. The molecule has 3 amide bonds. The second-order valence-corrected chi connectivity index (χ2v) is 8.34. The molecule has 0 saturated carbocycles. The molecule has 2 aromatic rings. The molecule has 0 aliphatic carbocycles. The quantitative estimate of drug-likeness (QED) is 0.742. The van der Waals surface area contributed by atoms with E-state index in [1.807, 2.05) is 18.4 Å². The van der Waals surface area contributed by atoms with Crippen molar-refractivity contribution in [3.05, 3.63) is 40.6 Å². The molecule has 3 heterocycles. The normalized spacial score (nSPS) is 17.3. The number of rotatable bonds is 6. The number of hydrogen-bond acceptors (Lipinski definition) is 6. The average Bonchev–Trinajstić information content (AvgIpc) is 3.49. The van der Waals surface area contributed by atoms with Gasteiger partial charge in [-0.15, -0.1) is 11.3 Å². The standard InChI is InChI=1S/C22H25N3O5S/c1-2-24(14-20(26)23-15-7-8-17-18(13-15)30-11-10-29-17)21(27)16-5-3-9-25(16)22(28)19-6-4-12-31-19/h4,6-8,12-13,16H,2-3,5,9-11,14H2,1H3,(H,23,26)/t16-/m0/s1. The van der Waals surface area contributed by atoms with Gasteiger partial charge in [0.05, 0.1) is 11.4 Å². The van der Waals surface area contributed by atoms with Gasteiger partial charge >= 0.3 is 0 Å². The molecule has 164 valence electrons. The van der Waals surface area contributed by atoms with Crippen LogP contribution in [0.5, 0.6) is 11.5 Å². The van der Waals surface area contributed by atoms with Crippen LogP contribution < -0.4 is 14.8 Å². The van der Waals surface area contributed by atoms with Gasteiger partial charge in [-0.25, -0.2) is 0 Å². The van der Waals surface area contributed by atoms with E-state index in [1.165, 1.54) is 16.2 Å². The zero-order chi connectivity index (χ0) is 21.8. The van der Waals surface area contributed by atoms with Crippen LogP contribution in [0.15, 0.2) is 35.7 Å². The zero-order valence-electron chi connectivity index (χ0n) is 17.3. The lowest BCUT2D eigenvalue weighted by Crippen LogP contribution is -2.49. The molecule has 9 heteroatoms. The highest BCUT2D eigenvalue weighted by Crippen LogP contribution is 2.32. The van der Waals surface area contributed by atoms with Gasteiger partial charge in [0, 0.05) is 24.8 Å². The van der Waals surface area contributed by atoms with E-state index in [-0.39, 0.29) is 24.3 Å². The SMILES string of the molecule is CCN(CC(=O)Nc1ccc2c(c1)OCCO2)C(=O)[C@@H]1CCCN1C(=O)c1cccs1. The largest absolute Gasteiger partial charge is 0.486 e. The average molecular weight is 444 g/mol. The molecule has 1 aromatic carbocycles. The molecule has 1 atom stereocenters. The lowest BCUT2D eigenvalue weighted by molar-refractivity contribution is -0.137. The van der Waals surface area contributed by atoms with Crippen LogP contribution in [0.2, 0.25) is 0 Å². The van der Waals surface area contributed by atoms with E-state index in [4.69, 9.17) is 9.47 Å². The second-order valence-electron chi connectivity index (χ2n) is 7.39. The number of fused-ring (bicyclic) bond motifs is 1. The minimum atomic E-state index is -0.531. The van der Waals surface area contributed by atoms with Gasteiger partial charge in [0.1, 0.15) is 19.3 Å². The van der Waals surface area contributed by atoms with Crippen LogP contribution in [0, 0.1) is 0 Å². The Hall–Kier alpha value is -3.07. The van der Waals surface area contributed by atoms with E-state index in [9.17, 15) is 14.4 Å². The number of nitrogens with one attached hydrogen (secondary N) is 1. The van der Waals surface area contributed by atoms with Crippen molar-refractivity contribution in [2.24, 2.45) is 0 Å². The number of nitrogens with zero attached hydrogens (tertiary/aromatic N) is 2. The molecule has 1 N–H and O–H groups in total. The number of amides is 3. The molecule has 8 nitrogen and oxygen atoms in total. The van der Waals surface area contributed by atoms with Gasteiger partial charge in [-0.1, -0.05) is 6.07 Å². The third kappa shape index (κ3) is 4.66. The summed E-state index contributed by atoms with van der Waals surface area (Å²) < 4.78 is 11.0. The number of carbonyl (C=O) groups excluding carboxylic acids is 3. The number of anilines is 1. The number of thiophene rings is 1. The molecule has 2 aliphatic rings. The van der Waals surface area contributed by atoms with E-state index >= 15 is 0 Å². The molecule has 0 unspecified atom stereocenters. The van der Waals surface area contributed by atoms with Crippen LogP contribution in [0.3, 0.4) is 0 Å². The molecule has 2 aliphatic heterocycles. The number of likely N-dealkylation sites (tertiary alicyclic amines) is 1. The smallest absolute Gasteiger partial charge is 0.264 e. The van der Waals surface area contributed by atoms with Crippen LogP contribution in [0.1, 0.15) is 29.4 Å². The highest BCUT2D eigenvalue weighted by atomic mass is 32.1. The van der Waals surface area contributed by atoms with E-state index in [0.717, 1.165) is 6.42 Å². The number of likely N-dealkylation sites (N-methyl/N-ethyl adjacent to an activating group) is 1. The topological polar surface area (TPSA) is 88.2 Å². The van der Waals surface area contributed by atoms with E-state index in [1.54, 1.807) is 29.2 Å². The van der Waals surface area contributed by atoms with Crippen molar-refractivity contribution < 1.29 is 23.9 Å². The monoisotopic (exact) mass is 443 g/mol. The Morgan fingerprint density at radius 1 is 1.19 bits per heavy atom. The van der Waals surface area contributed by atoms with Crippen LogP contribution >= 0.6 is 11.3 Å². The summed E-state index contributed by atoms with van der Waals surface area (Å²) in [6.45, 7) is 3.64. The van der Waals surface area contributed by atoms with Gasteiger partial charge in [0.25, 0.3) is 5.91 Å². The van der Waals surface area contributed by atoms with Crippen LogP contribution in [0.25, 0.3) is 0 Å². The van der Waals surface area contributed by atoms with E-state index < -0.39 is 6.04 Å². The summed E-state index contributed by atoms with van der Waals surface area (Å²) in [6, 6.07) is 8.26. The van der Waals surface area contributed by atoms with Crippen molar-refractivity contribution in [2.75, 3.05) is 38.2 Å². The van der Waals surface area contributed by atoms with Gasteiger partial charge in [0.15, 0.2) is 11.5 Å². The number of hydrogen-bond donors (Lipinski definition) is 1. The minimum absolute atomic E-state index is 0.0820. The Morgan fingerprint density at radius 3 is 2.74 bits per heavy atom. The van der Waals surface area contributed by atoms with Crippen LogP contribution in [0.4, 0.5) is 5.69 Å². The van der Waals surface area contributed by atoms with Gasteiger partial charge in [-0.05, 0) is 43.3 Å². The third-order valence-corrected chi connectivity index (χ3v) is 6.24. The first-order chi connectivity index (χ1) is 15.1. The van der Waals surface area contributed by atoms with Crippen LogP contribution in [-0.4, -0.2) is 66.4 Å². The molecule has 4 rings (SSSR count). The lowest BCUT2D eigenvalue weighted by Gasteiger charge is -2.29. The highest BCUT2D eigenvalue weighted by molar-refractivity contribution is 7.12.